The molecule has 1 unspecified atom stereocenters. The van der Waals surface area contributed by atoms with E-state index in [1.165, 1.54) is 22.2 Å². The van der Waals surface area contributed by atoms with Gasteiger partial charge in [0.05, 0.1) is 11.0 Å². The minimum atomic E-state index is -0.0217. The maximum absolute atomic E-state index is 12.1. The van der Waals surface area contributed by atoms with E-state index in [-0.39, 0.29) is 30.4 Å². The van der Waals surface area contributed by atoms with Crippen LogP contribution in [0, 0.1) is 31.6 Å². The molecule has 2 heterocycles. The summed E-state index contributed by atoms with van der Waals surface area (Å²) in [6.07, 6.45) is 3.16. The van der Waals surface area contributed by atoms with Crippen LogP contribution in [-0.4, -0.2) is 51.7 Å². The number of imidazole rings is 1. The van der Waals surface area contributed by atoms with Crippen molar-refractivity contribution in [3.05, 3.63) is 58.9 Å². The summed E-state index contributed by atoms with van der Waals surface area (Å²) in [7, 11) is 0. The Labute approximate surface area is 208 Å². The van der Waals surface area contributed by atoms with Crippen molar-refractivity contribution in [2.24, 2.45) is 17.8 Å². The van der Waals surface area contributed by atoms with Gasteiger partial charge in [0.25, 0.3) is 0 Å². The van der Waals surface area contributed by atoms with E-state index < -0.39 is 0 Å². The van der Waals surface area contributed by atoms with Crippen molar-refractivity contribution in [1.82, 2.24) is 14.5 Å². The van der Waals surface area contributed by atoms with Gasteiger partial charge in [-0.15, -0.1) is 0 Å². The number of amides is 1. The number of anilines is 1. The van der Waals surface area contributed by atoms with Crippen molar-refractivity contribution >= 4 is 22.6 Å². The summed E-state index contributed by atoms with van der Waals surface area (Å²) in [5, 5.41) is 13.4. The molecule has 1 aliphatic carbocycles. The van der Waals surface area contributed by atoms with E-state index in [0.717, 1.165) is 55.9 Å². The van der Waals surface area contributed by atoms with Gasteiger partial charge >= 0.3 is 0 Å². The fourth-order valence-corrected chi connectivity index (χ4v) is 6.10. The normalized spacial score (nSPS) is 22.6. The first-order valence-electron chi connectivity index (χ1n) is 13.0. The number of fused-ring (bicyclic) bond motifs is 2. The molecule has 2 aromatic carbocycles. The van der Waals surface area contributed by atoms with Crippen molar-refractivity contribution in [1.29, 1.82) is 0 Å². The van der Waals surface area contributed by atoms with Gasteiger partial charge in [-0.1, -0.05) is 26.0 Å². The van der Waals surface area contributed by atoms with Crippen LogP contribution in [0.3, 0.4) is 0 Å². The topological polar surface area (TPSA) is 70.4 Å². The number of carbonyl (C=O) groups excluding carboxylic acids is 1. The quantitative estimate of drug-likeness (QED) is 0.551. The smallest absolute Gasteiger partial charge is 0.226 e. The molecule has 0 saturated carbocycles. The highest BCUT2D eigenvalue weighted by Crippen LogP contribution is 2.35. The minimum Gasteiger partial charge on any atom is -0.396 e. The molecule has 3 aromatic rings. The maximum Gasteiger partial charge on any atom is 0.226 e. The first-order valence-corrected chi connectivity index (χ1v) is 13.0. The number of hydrogen-bond acceptors (Lipinski definition) is 4. The molecule has 6 nitrogen and oxygen atoms in total. The summed E-state index contributed by atoms with van der Waals surface area (Å²) >= 11 is 0. The lowest BCUT2D eigenvalue weighted by Gasteiger charge is -2.40. The summed E-state index contributed by atoms with van der Waals surface area (Å²) in [5.74, 6) is 1.85. The van der Waals surface area contributed by atoms with Gasteiger partial charge < -0.3 is 19.9 Å². The summed E-state index contributed by atoms with van der Waals surface area (Å²) in [4.78, 5) is 19.4. The SMILES string of the molecule is Cc1ccc2c(c1)nc(C)n2C1CCN(C[C@@H]2Cc3ccc(NC(=O)C(C)C)cc3C2)C[C@H]1CO. The average Bonchev–Trinajstić information content (AvgIpc) is 3.37. The van der Waals surface area contributed by atoms with Crippen molar-refractivity contribution in [3.63, 3.8) is 0 Å². The first-order chi connectivity index (χ1) is 16.8. The summed E-state index contributed by atoms with van der Waals surface area (Å²) in [5.41, 5.74) is 7.12. The highest BCUT2D eigenvalue weighted by molar-refractivity contribution is 5.92. The molecular formula is C29H38N4O2. The van der Waals surface area contributed by atoms with Crippen LogP contribution in [0.25, 0.3) is 11.0 Å². The number of aliphatic hydroxyl groups is 1. The third-order valence-corrected chi connectivity index (χ3v) is 7.90. The number of carbonyl (C=O) groups is 1. The van der Waals surface area contributed by atoms with Gasteiger partial charge in [0.1, 0.15) is 5.82 Å². The first kappa shape index (κ1) is 24.0. The molecule has 1 saturated heterocycles. The van der Waals surface area contributed by atoms with Gasteiger partial charge in [0.15, 0.2) is 0 Å². The molecule has 0 radical (unpaired) electrons. The number of piperidine rings is 1. The fraction of sp³-hybridized carbons (Fsp3) is 0.517. The molecule has 35 heavy (non-hydrogen) atoms. The Morgan fingerprint density at radius 3 is 2.71 bits per heavy atom. The molecule has 1 aromatic heterocycles. The van der Waals surface area contributed by atoms with Gasteiger partial charge in [-0.25, -0.2) is 4.98 Å². The summed E-state index contributed by atoms with van der Waals surface area (Å²) in [6.45, 7) is 11.2. The van der Waals surface area contributed by atoms with Crippen LogP contribution in [0.2, 0.25) is 0 Å². The zero-order valence-corrected chi connectivity index (χ0v) is 21.4. The van der Waals surface area contributed by atoms with Crippen LogP contribution < -0.4 is 5.32 Å². The lowest BCUT2D eigenvalue weighted by molar-refractivity contribution is -0.118. The van der Waals surface area contributed by atoms with Crippen molar-refractivity contribution in [2.45, 2.75) is 53.0 Å². The van der Waals surface area contributed by atoms with Crippen LogP contribution in [-0.2, 0) is 17.6 Å². The largest absolute Gasteiger partial charge is 0.396 e. The second kappa shape index (κ2) is 9.75. The predicted octanol–water partition coefficient (Wildman–Crippen LogP) is 4.52. The van der Waals surface area contributed by atoms with Crippen LogP contribution in [0.4, 0.5) is 5.69 Å². The molecule has 6 heteroatoms. The lowest BCUT2D eigenvalue weighted by atomic mass is 9.91. The molecule has 5 rings (SSSR count). The number of aryl methyl sites for hydroxylation is 2. The van der Waals surface area contributed by atoms with Gasteiger partial charge in [-0.3, -0.25) is 4.79 Å². The Kier molecular flexibility index (Phi) is 6.69. The molecule has 1 fully saturated rings. The number of nitrogens with zero attached hydrogens (tertiary/aromatic N) is 3. The molecular weight excluding hydrogens is 436 g/mol. The molecule has 2 N–H and O–H groups in total. The van der Waals surface area contributed by atoms with Crippen LogP contribution in [0.5, 0.6) is 0 Å². The number of likely N-dealkylation sites (tertiary alicyclic amines) is 1. The summed E-state index contributed by atoms with van der Waals surface area (Å²) in [6, 6.07) is 13.1. The molecule has 186 valence electrons. The Bertz CT molecular complexity index is 1230. The molecule has 2 aliphatic rings. The van der Waals surface area contributed by atoms with E-state index >= 15 is 0 Å². The van der Waals surface area contributed by atoms with E-state index in [1.54, 1.807) is 0 Å². The zero-order valence-electron chi connectivity index (χ0n) is 21.4. The fourth-order valence-electron chi connectivity index (χ4n) is 6.10. The lowest BCUT2D eigenvalue weighted by Crippen LogP contribution is -2.44. The van der Waals surface area contributed by atoms with Crippen LogP contribution in [0.15, 0.2) is 36.4 Å². The molecule has 3 atom stereocenters. The number of nitrogens with one attached hydrogen (secondary N) is 1. The molecule has 0 spiro atoms. The number of hydrogen-bond donors (Lipinski definition) is 2. The van der Waals surface area contributed by atoms with Gasteiger partial charge in [0.2, 0.25) is 5.91 Å². The van der Waals surface area contributed by atoms with Crippen molar-refractivity contribution in [3.8, 4) is 0 Å². The Morgan fingerprint density at radius 1 is 1.14 bits per heavy atom. The van der Waals surface area contributed by atoms with Crippen molar-refractivity contribution < 1.29 is 9.90 Å². The number of aromatic nitrogens is 2. The van der Waals surface area contributed by atoms with Gasteiger partial charge in [0, 0.05) is 49.8 Å². The van der Waals surface area contributed by atoms with E-state index in [9.17, 15) is 9.90 Å². The Hall–Kier alpha value is -2.70. The predicted molar refractivity (Wildman–Crippen MR) is 141 cm³/mol. The standard InChI is InChI=1S/C29H38N4O2/c1-18(2)29(35)31-25-7-6-22-12-21(13-23(22)14-25)15-32-10-9-27(24(16-32)17-34)33-20(4)30-26-11-19(3)5-8-28(26)33/h5-8,11,14,18,21,24,27,34H,9-10,12-13,15-17H2,1-4H3,(H,31,35)/t21-,24+,27?/m1/s1. The van der Waals surface area contributed by atoms with Gasteiger partial charge in [-0.2, -0.15) is 0 Å². The molecule has 1 amide bonds. The van der Waals surface area contributed by atoms with Crippen molar-refractivity contribution in [2.75, 3.05) is 31.6 Å². The third kappa shape index (κ3) is 4.87. The maximum atomic E-state index is 12.1. The van der Waals surface area contributed by atoms with E-state index in [1.807, 2.05) is 19.9 Å². The second-order valence-electron chi connectivity index (χ2n) is 11.0. The third-order valence-electron chi connectivity index (χ3n) is 7.90. The molecule has 1 aliphatic heterocycles. The van der Waals surface area contributed by atoms with Crippen LogP contribution in [0.1, 0.15) is 48.8 Å². The molecule has 0 bridgehead atoms. The monoisotopic (exact) mass is 474 g/mol. The highest BCUT2D eigenvalue weighted by Gasteiger charge is 2.33. The van der Waals surface area contributed by atoms with E-state index in [4.69, 9.17) is 4.98 Å². The van der Waals surface area contributed by atoms with E-state index in [0.29, 0.717) is 5.92 Å². The minimum absolute atomic E-state index is 0.0217. The average molecular weight is 475 g/mol. The van der Waals surface area contributed by atoms with Crippen LogP contribution >= 0.6 is 0 Å². The Morgan fingerprint density at radius 2 is 1.94 bits per heavy atom. The summed E-state index contributed by atoms with van der Waals surface area (Å²) < 4.78 is 2.37. The number of aliphatic hydroxyl groups excluding tert-OH is 1. The van der Waals surface area contributed by atoms with E-state index in [2.05, 4.69) is 59.0 Å². The highest BCUT2D eigenvalue weighted by atomic mass is 16.3. The zero-order chi connectivity index (χ0) is 24.7. The second-order valence-corrected chi connectivity index (χ2v) is 11.0. The Balaban J connectivity index is 1.24. The number of benzene rings is 2. The number of rotatable bonds is 6. The van der Waals surface area contributed by atoms with Gasteiger partial charge in [-0.05, 0) is 80.0 Å².